The van der Waals surface area contributed by atoms with Crippen LogP contribution in [0.1, 0.15) is 27.7 Å². The molecule has 106 valence electrons. The van der Waals surface area contributed by atoms with E-state index in [1.165, 1.54) is 0 Å². The number of hydrogen-bond donors (Lipinski definition) is 1. The van der Waals surface area contributed by atoms with Gasteiger partial charge in [-0.1, -0.05) is 39.8 Å². The standard InChI is InChI=1S/C16H20N2O2/c1-15(2)13(16(15,3)4)14(20)18-9-12(19)17-10-7-5-6-8-11(10)18/h5-8,13H,9H2,1-4H3,(H,17,19). The van der Waals surface area contributed by atoms with Crippen LogP contribution in [-0.4, -0.2) is 18.4 Å². The second-order valence-corrected chi connectivity index (χ2v) is 6.87. The van der Waals surface area contributed by atoms with Crippen LogP contribution in [0.15, 0.2) is 24.3 Å². The Morgan fingerprint density at radius 1 is 1.20 bits per heavy atom. The number of fused-ring (bicyclic) bond motifs is 1. The van der Waals surface area contributed by atoms with Gasteiger partial charge in [0.1, 0.15) is 6.54 Å². The van der Waals surface area contributed by atoms with Crippen LogP contribution >= 0.6 is 0 Å². The minimum atomic E-state index is -0.131. The van der Waals surface area contributed by atoms with Crippen LogP contribution in [-0.2, 0) is 9.59 Å². The molecule has 2 aliphatic rings. The lowest BCUT2D eigenvalue weighted by molar-refractivity contribution is -0.123. The van der Waals surface area contributed by atoms with E-state index in [1.54, 1.807) is 4.90 Å². The summed E-state index contributed by atoms with van der Waals surface area (Å²) in [5, 5.41) is 2.81. The van der Waals surface area contributed by atoms with Crippen LogP contribution in [0.5, 0.6) is 0 Å². The Labute approximate surface area is 119 Å². The Balaban J connectivity index is 1.96. The summed E-state index contributed by atoms with van der Waals surface area (Å²) in [5.41, 5.74) is 1.48. The molecule has 0 radical (unpaired) electrons. The second-order valence-electron chi connectivity index (χ2n) is 6.87. The topological polar surface area (TPSA) is 49.4 Å². The molecule has 3 rings (SSSR count). The number of benzene rings is 1. The van der Waals surface area contributed by atoms with E-state index in [4.69, 9.17) is 0 Å². The van der Waals surface area contributed by atoms with Gasteiger partial charge in [0.2, 0.25) is 11.8 Å². The van der Waals surface area contributed by atoms with Crippen molar-refractivity contribution in [3.63, 3.8) is 0 Å². The van der Waals surface area contributed by atoms with Crippen LogP contribution < -0.4 is 10.2 Å². The predicted molar refractivity (Wildman–Crippen MR) is 78.5 cm³/mol. The van der Waals surface area contributed by atoms with Crippen molar-refractivity contribution in [3.05, 3.63) is 24.3 Å². The number of nitrogens with one attached hydrogen (secondary N) is 1. The van der Waals surface area contributed by atoms with Crippen molar-refractivity contribution in [2.75, 3.05) is 16.8 Å². The average molecular weight is 272 g/mol. The molecule has 1 saturated carbocycles. The molecule has 1 aromatic rings. The fourth-order valence-corrected chi connectivity index (χ4v) is 3.40. The van der Waals surface area contributed by atoms with Gasteiger partial charge in [-0.3, -0.25) is 9.59 Å². The number of amides is 2. The Kier molecular flexibility index (Phi) is 2.53. The molecule has 1 aromatic carbocycles. The monoisotopic (exact) mass is 272 g/mol. The van der Waals surface area contributed by atoms with Crippen molar-refractivity contribution in [1.29, 1.82) is 0 Å². The summed E-state index contributed by atoms with van der Waals surface area (Å²) >= 11 is 0. The van der Waals surface area contributed by atoms with E-state index in [0.29, 0.717) is 5.69 Å². The maximum Gasteiger partial charge on any atom is 0.244 e. The van der Waals surface area contributed by atoms with Gasteiger partial charge in [-0.25, -0.2) is 0 Å². The molecule has 0 spiro atoms. The van der Waals surface area contributed by atoms with Crippen LogP contribution in [0.4, 0.5) is 11.4 Å². The minimum Gasteiger partial charge on any atom is -0.323 e. The number of carbonyl (C=O) groups excluding carboxylic acids is 2. The van der Waals surface area contributed by atoms with E-state index in [1.807, 2.05) is 24.3 Å². The lowest BCUT2D eigenvalue weighted by atomic mass is 10.0. The fourth-order valence-electron chi connectivity index (χ4n) is 3.40. The Hall–Kier alpha value is -1.84. The number of carbonyl (C=O) groups is 2. The first kappa shape index (κ1) is 13.2. The predicted octanol–water partition coefficient (Wildman–Crippen LogP) is 2.65. The highest BCUT2D eigenvalue weighted by Crippen LogP contribution is 2.69. The second kappa shape index (κ2) is 3.84. The van der Waals surface area contributed by atoms with Gasteiger partial charge in [0.05, 0.1) is 11.4 Å². The normalized spacial score (nSPS) is 23.0. The highest BCUT2D eigenvalue weighted by atomic mass is 16.2. The molecule has 0 aromatic heterocycles. The third-order valence-corrected chi connectivity index (χ3v) is 5.30. The molecule has 0 saturated heterocycles. The van der Waals surface area contributed by atoms with E-state index in [9.17, 15) is 9.59 Å². The molecule has 1 aliphatic heterocycles. The molecule has 20 heavy (non-hydrogen) atoms. The van der Waals surface area contributed by atoms with Crippen molar-refractivity contribution < 1.29 is 9.59 Å². The molecular weight excluding hydrogens is 252 g/mol. The van der Waals surface area contributed by atoms with Gasteiger partial charge in [0.15, 0.2) is 0 Å². The molecule has 1 N–H and O–H groups in total. The summed E-state index contributed by atoms with van der Waals surface area (Å²) in [5.74, 6) is -0.107. The van der Waals surface area contributed by atoms with Crippen LogP contribution in [0.3, 0.4) is 0 Å². The first-order valence-corrected chi connectivity index (χ1v) is 6.97. The van der Waals surface area contributed by atoms with Crippen molar-refractivity contribution >= 4 is 23.2 Å². The average Bonchev–Trinajstić information content (AvgIpc) is 2.78. The minimum absolute atomic E-state index is 0.0209. The molecule has 4 heteroatoms. The highest BCUT2D eigenvalue weighted by molar-refractivity contribution is 6.11. The summed E-state index contributed by atoms with van der Waals surface area (Å²) in [4.78, 5) is 26.3. The quantitative estimate of drug-likeness (QED) is 0.854. The van der Waals surface area contributed by atoms with Gasteiger partial charge in [0.25, 0.3) is 0 Å². The maximum absolute atomic E-state index is 12.8. The smallest absolute Gasteiger partial charge is 0.244 e. The summed E-state index contributed by atoms with van der Waals surface area (Å²) in [7, 11) is 0. The van der Waals surface area contributed by atoms with Crippen LogP contribution in [0, 0.1) is 16.7 Å². The molecule has 1 heterocycles. The van der Waals surface area contributed by atoms with Gasteiger partial charge in [-0.15, -0.1) is 0 Å². The lowest BCUT2D eigenvalue weighted by Crippen LogP contribution is -2.43. The molecular formula is C16H20N2O2. The molecule has 1 aliphatic carbocycles. The van der Waals surface area contributed by atoms with Gasteiger partial charge in [0, 0.05) is 5.92 Å². The van der Waals surface area contributed by atoms with Crippen LogP contribution in [0.2, 0.25) is 0 Å². The lowest BCUT2D eigenvalue weighted by Gasteiger charge is -2.29. The first-order chi connectivity index (χ1) is 9.26. The Morgan fingerprint density at radius 3 is 2.40 bits per heavy atom. The highest BCUT2D eigenvalue weighted by Gasteiger charge is 2.69. The number of nitrogens with zero attached hydrogens (tertiary/aromatic N) is 1. The fraction of sp³-hybridized carbons (Fsp3) is 0.500. The number of anilines is 2. The molecule has 2 amide bonds. The summed E-state index contributed by atoms with van der Waals surface area (Å²) < 4.78 is 0. The zero-order valence-electron chi connectivity index (χ0n) is 12.4. The molecule has 0 atom stereocenters. The van der Waals surface area contributed by atoms with Crippen molar-refractivity contribution in [2.24, 2.45) is 16.7 Å². The van der Waals surface area contributed by atoms with Crippen molar-refractivity contribution in [2.45, 2.75) is 27.7 Å². The largest absolute Gasteiger partial charge is 0.323 e. The van der Waals surface area contributed by atoms with E-state index >= 15 is 0 Å². The van der Waals surface area contributed by atoms with E-state index in [2.05, 4.69) is 33.0 Å². The van der Waals surface area contributed by atoms with E-state index in [0.717, 1.165) is 5.69 Å². The zero-order valence-corrected chi connectivity index (χ0v) is 12.4. The maximum atomic E-state index is 12.8. The van der Waals surface area contributed by atoms with Gasteiger partial charge < -0.3 is 10.2 Å². The number of para-hydroxylation sites is 2. The van der Waals surface area contributed by atoms with Gasteiger partial charge >= 0.3 is 0 Å². The molecule has 4 nitrogen and oxygen atoms in total. The molecule has 1 fully saturated rings. The number of rotatable bonds is 1. The molecule has 0 unspecified atom stereocenters. The van der Waals surface area contributed by atoms with Gasteiger partial charge in [-0.05, 0) is 23.0 Å². The van der Waals surface area contributed by atoms with Crippen molar-refractivity contribution in [3.8, 4) is 0 Å². The summed E-state index contributed by atoms with van der Waals surface area (Å²) in [6, 6.07) is 7.46. The molecule has 0 bridgehead atoms. The SMILES string of the molecule is CC1(C)C(C(=O)N2CC(=O)Nc3ccccc32)C1(C)C. The Bertz CT molecular complexity index is 590. The Morgan fingerprint density at radius 2 is 1.80 bits per heavy atom. The summed E-state index contributed by atoms with van der Waals surface area (Å²) in [6.45, 7) is 8.58. The van der Waals surface area contributed by atoms with Gasteiger partial charge in [-0.2, -0.15) is 0 Å². The van der Waals surface area contributed by atoms with Crippen molar-refractivity contribution in [1.82, 2.24) is 0 Å². The number of hydrogen-bond acceptors (Lipinski definition) is 2. The zero-order chi connectivity index (χ0) is 14.7. The first-order valence-electron chi connectivity index (χ1n) is 6.97. The van der Waals surface area contributed by atoms with Crippen LogP contribution in [0.25, 0.3) is 0 Å². The summed E-state index contributed by atoms with van der Waals surface area (Å²) in [6.07, 6.45) is 0. The van der Waals surface area contributed by atoms with E-state index in [-0.39, 0.29) is 35.1 Å². The third kappa shape index (κ3) is 1.60. The third-order valence-electron chi connectivity index (χ3n) is 5.30. The van der Waals surface area contributed by atoms with E-state index < -0.39 is 0 Å².